The van der Waals surface area contributed by atoms with Gasteiger partial charge in [-0.25, -0.2) is 0 Å². The molecule has 2 heteroatoms. The molecule has 0 radical (unpaired) electrons. The van der Waals surface area contributed by atoms with Gasteiger partial charge in [-0.15, -0.1) is 0 Å². The highest BCUT2D eigenvalue weighted by molar-refractivity contribution is 7.20. The van der Waals surface area contributed by atoms with Crippen molar-refractivity contribution in [3.63, 3.8) is 0 Å². The van der Waals surface area contributed by atoms with E-state index in [1.54, 1.807) is 0 Å². The first-order valence-electron chi connectivity index (χ1n) is 15.0. The highest BCUT2D eigenvalue weighted by Crippen LogP contribution is 2.14. The number of quaternary nitrogens is 1. The van der Waals surface area contributed by atoms with E-state index in [1.807, 2.05) is 0 Å². The Hall–Kier alpha value is -3.10. The Kier molecular flexibility index (Phi) is 11.6. The van der Waals surface area contributed by atoms with Crippen LogP contribution in [0, 0.1) is 13.8 Å². The van der Waals surface area contributed by atoms with Crippen molar-refractivity contribution in [3.8, 4) is 0 Å². The van der Waals surface area contributed by atoms with Crippen molar-refractivity contribution in [1.82, 2.24) is 0 Å². The molecule has 0 aliphatic carbocycles. The topological polar surface area (TPSA) is 0 Å². The Morgan fingerprint density at radius 1 is 0.513 bits per heavy atom. The average Bonchev–Trinajstić information content (AvgIpc) is 2.95. The fraction of sp³-hybridized carbons (Fsp3) is 0.351. The van der Waals surface area contributed by atoms with Crippen LogP contribution in [-0.4, -0.2) is 38.3 Å². The van der Waals surface area contributed by atoms with Gasteiger partial charge in [0.25, 0.3) is 0 Å². The molecule has 0 amide bonds. The van der Waals surface area contributed by atoms with Crippen LogP contribution in [0.2, 0.25) is 0 Å². The smallest absolute Gasteiger partial charge is 0.108 e. The zero-order chi connectivity index (χ0) is 28.1. The molecule has 0 aliphatic heterocycles. The van der Waals surface area contributed by atoms with Crippen LogP contribution >= 0.6 is 0 Å². The molecule has 0 N–H and O–H groups in total. The second-order valence-electron chi connectivity index (χ2n) is 12.2. The molecule has 0 bridgehead atoms. The number of aryl methyl sites for hydroxylation is 1. The molecule has 0 atom stereocenters. The van der Waals surface area contributed by atoms with E-state index in [0.717, 1.165) is 4.48 Å². The molecule has 0 unspecified atom stereocenters. The van der Waals surface area contributed by atoms with Crippen molar-refractivity contribution >= 4 is 28.0 Å². The van der Waals surface area contributed by atoms with Gasteiger partial charge in [0.2, 0.25) is 0 Å². The number of unbranched alkanes of at least 4 members (excludes halogenated alkanes) is 5. The molecule has 4 aromatic carbocycles. The molecule has 0 saturated carbocycles. The van der Waals surface area contributed by atoms with E-state index in [9.17, 15) is 0 Å². The highest BCUT2D eigenvalue weighted by Gasteiger charge is 2.32. The summed E-state index contributed by atoms with van der Waals surface area (Å²) < 4.78 is 1.12. The number of nitrogens with zero attached hydrogens (tertiary/aromatic N) is 1. The highest BCUT2D eigenvalue weighted by atomic mass is 15.3. The number of hydrogen-bond donors (Lipinski definition) is 0. The molecule has 0 heterocycles. The zero-order valence-electron chi connectivity index (χ0n) is 25.4. The third kappa shape index (κ3) is 8.20. The lowest BCUT2D eigenvalue weighted by Crippen LogP contribution is -2.75. The monoisotopic (exact) mass is 519 g/mol. The lowest BCUT2D eigenvalue weighted by molar-refractivity contribution is -0.870. The molecule has 4 rings (SSSR count). The molecular formula is C37H50BN. The third-order valence-corrected chi connectivity index (χ3v) is 8.19. The van der Waals surface area contributed by atoms with Gasteiger partial charge in [-0.3, -0.25) is 0 Å². The van der Waals surface area contributed by atoms with E-state index in [2.05, 4.69) is 151 Å². The second kappa shape index (κ2) is 14.9. The van der Waals surface area contributed by atoms with Gasteiger partial charge in [0, 0.05) is 0 Å². The quantitative estimate of drug-likeness (QED) is 0.117. The summed E-state index contributed by atoms with van der Waals surface area (Å²) in [6.45, 7) is 8.06. The molecule has 0 fully saturated rings. The first kappa shape index (κ1) is 30.4. The van der Waals surface area contributed by atoms with Gasteiger partial charge in [0.1, 0.15) is 6.15 Å². The van der Waals surface area contributed by atoms with Crippen LogP contribution < -0.4 is 21.9 Å². The van der Waals surface area contributed by atoms with E-state index in [1.165, 1.54) is 78.0 Å². The number of benzene rings is 4. The maximum Gasteiger partial charge on any atom is 0.108 e. The molecule has 39 heavy (non-hydrogen) atoms. The molecule has 1 nitrogen and oxygen atoms in total. The average molecular weight is 520 g/mol. The van der Waals surface area contributed by atoms with Gasteiger partial charge in [-0.1, -0.05) is 153 Å². The fourth-order valence-electron chi connectivity index (χ4n) is 5.95. The Bertz CT molecular complexity index is 1130. The lowest BCUT2D eigenvalue weighted by atomic mass is 9.12. The predicted octanol–water partition coefficient (Wildman–Crippen LogP) is 6.73. The van der Waals surface area contributed by atoms with Crippen molar-refractivity contribution in [1.29, 1.82) is 0 Å². The van der Waals surface area contributed by atoms with Gasteiger partial charge in [-0.05, 0) is 26.7 Å². The second-order valence-corrected chi connectivity index (χ2v) is 12.2. The van der Waals surface area contributed by atoms with Crippen molar-refractivity contribution in [2.24, 2.45) is 0 Å². The molecule has 0 spiro atoms. The van der Waals surface area contributed by atoms with E-state index in [4.69, 9.17) is 0 Å². The summed E-state index contributed by atoms with van der Waals surface area (Å²) >= 11 is 0. The van der Waals surface area contributed by atoms with Crippen molar-refractivity contribution in [3.05, 3.63) is 120 Å². The number of hydrogen-bond acceptors (Lipinski definition) is 0. The molecular weight excluding hydrogens is 469 g/mol. The fourth-order valence-corrected chi connectivity index (χ4v) is 5.95. The summed E-state index contributed by atoms with van der Waals surface area (Å²) in [5, 5.41) is 0. The first-order valence-corrected chi connectivity index (χ1v) is 15.0. The van der Waals surface area contributed by atoms with Gasteiger partial charge in [0.15, 0.2) is 0 Å². The van der Waals surface area contributed by atoms with Crippen molar-refractivity contribution in [2.45, 2.75) is 59.3 Å². The van der Waals surface area contributed by atoms with Gasteiger partial charge < -0.3 is 4.48 Å². The maximum absolute atomic E-state index is 2.31. The number of rotatable bonds is 11. The first-order chi connectivity index (χ1) is 18.8. The van der Waals surface area contributed by atoms with Crippen LogP contribution in [0.25, 0.3) is 0 Å². The van der Waals surface area contributed by atoms with Crippen LogP contribution in [0.1, 0.15) is 56.6 Å². The standard InChI is InChI=1S/C26H24B.C11H26N/c1-21-13-12-20-26(22(21)2)27(23-14-6-3-7-15-23,24-16-8-4-9-17-24)25-18-10-5-11-19-25;1-5-6-7-8-9-10-11-12(2,3)4/h3-20H,1-2H3;5-11H2,1-4H3/q-1;+1. The van der Waals surface area contributed by atoms with Gasteiger partial charge in [-0.2, -0.15) is 21.9 Å². The summed E-state index contributed by atoms with van der Waals surface area (Å²) in [6.07, 6.45) is 7.22. The van der Waals surface area contributed by atoms with Crippen LogP contribution in [-0.2, 0) is 0 Å². The summed E-state index contributed by atoms with van der Waals surface area (Å²) in [7, 11) is 6.81. The van der Waals surface area contributed by atoms with Crippen LogP contribution in [0.3, 0.4) is 0 Å². The molecule has 206 valence electrons. The van der Waals surface area contributed by atoms with Crippen LogP contribution in [0.5, 0.6) is 0 Å². The van der Waals surface area contributed by atoms with E-state index in [-0.39, 0.29) is 0 Å². The summed E-state index contributed by atoms with van der Waals surface area (Å²) in [5.74, 6) is 0. The summed E-state index contributed by atoms with van der Waals surface area (Å²) in [4.78, 5) is 0. The SMILES string of the molecule is CCCCCCCC[N+](C)(C)C.Cc1cccc([B-](c2ccccc2)(c2ccccc2)c2ccccc2)c1C. The van der Waals surface area contributed by atoms with Gasteiger partial charge >= 0.3 is 0 Å². The maximum atomic E-state index is 2.31. The minimum Gasteiger partial charge on any atom is -0.331 e. The van der Waals surface area contributed by atoms with E-state index >= 15 is 0 Å². The van der Waals surface area contributed by atoms with Crippen LogP contribution in [0.15, 0.2) is 109 Å². The lowest BCUT2D eigenvalue weighted by Gasteiger charge is -2.45. The summed E-state index contributed by atoms with van der Waals surface area (Å²) in [5.41, 5.74) is 8.16. The Balaban J connectivity index is 0.000000298. The normalized spacial score (nSPS) is 11.5. The third-order valence-electron chi connectivity index (χ3n) is 8.19. The van der Waals surface area contributed by atoms with Crippen LogP contribution in [0.4, 0.5) is 0 Å². The minimum absolute atomic E-state index is 1.12. The van der Waals surface area contributed by atoms with Crippen molar-refractivity contribution < 1.29 is 4.48 Å². The Morgan fingerprint density at radius 2 is 0.949 bits per heavy atom. The van der Waals surface area contributed by atoms with E-state index < -0.39 is 6.15 Å². The van der Waals surface area contributed by atoms with Gasteiger partial charge in [0.05, 0.1) is 27.7 Å². The Morgan fingerprint density at radius 3 is 1.38 bits per heavy atom. The molecule has 4 aromatic rings. The largest absolute Gasteiger partial charge is 0.331 e. The molecule has 0 aliphatic rings. The minimum atomic E-state index is -1.26. The zero-order valence-corrected chi connectivity index (χ0v) is 25.4. The van der Waals surface area contributed by atoms with E-state index in [0.29, 0.717) is 0 Å². The molecule has 0 saturated heterocycles. The van der Waals surface area contributed by atoms with Crippen molar-refractivity contribution in [2.75, 3.05) is 27.7 Å². The summed E-state index contributed by atoms with van der Waals surface area (Å²) in [6, 6.07) is 39.6. The molecule has 0 aromatic heterocycles. The Labute approximate surface area is 239 Å². The predicted molar refractivity (Wildman–Crippen MR) is 176 cm³/mol.